The van der Waals surface area contributed by atoms with Gasteiger partial charge in [0.15, 0.2) is 17.5 Å². The highest BCUT2D eigenvalue weighted by atomic mass is 15.0. The number of fused-ring (bicyclic) bond motifs is 5. The van der Waals surface area contributed by atoms with Crippen LogP contribution in [0.3, 0.4) is 0 Å². The fourth-order valence-corrected chi connectivity index (χ4v) is 8.08. The topological polar surface area (TPSA) is 38.7 Å². The van der Waals surface area contributed by atoms with E-state index in [1.54, 1.807) is 0 Å². The maximum absolute atomic E-state index is 5.12. The first kappa shape index (κ1) is 28.5. The Labute approximate surface area is 282 Å². The average Bonchev–Trinajstić information content (AvgIpc) is 3.44. The van der Waals surface area contributed by atoms with Crippen LogP contribution in [0.5, 0.6) is 0 Å². The van der Waals surface area contributed by atoms with E-state index in [0.29, 0.717) is 17.5 Å². The molecule has 230 valence electrons. The van der Waals surface area contributed by atoms with E-state index < -0.39 is 0 Å². The number of hydrogen-bond donors (Lipinski definition) is 0. The first-order chi connectivity index (χ1) is 23.8. The van der Waals surface area contributed by atoms with Crippen LogP contribution in [0.25, 0.3) is 67.5 Å². The normalized spacial score (nSPS) is 14.4. The lowest BCUT2D eigenvalue weighted by Gasteiger charge is -2.36. The van der Waals surface area contributed by atoms with Crippen molar-refractivity contribution in [3.63, 3.8) is 0 Å². The minimum atomic E-state index is 0.125. The summed E-state index contributed by atoms with van der Waals surface area (Å²) in [4.78, 5) is 15.2. The lowest BCUT2D eigenvalue weighted by Crippen LogP contribution is -2.27. The monoisotopic (exact) mass is 617 g/mol. The molecule has 3 heteroatoms. The van der Waals surface area contributed by atoms with Gasteiger partial charge in [0, 0.05) is 22.1 Å². The Morgan fingerprint density at radius 3 is 1.54 bits per heavy atom. The molecule has 0 aliphatic heterocycles. The fourth-order valence-electron chi connectivity index (χ4n) is 8.08. The van der Waals surface area contributed by atoms with Gasteiger partial charge in [0.25, 0.3) is 0 Å². The van der Waals surface area contributed by atoms with Crippen molar-refractivity contribution in [2.75, 3.05) is 0 Å². The third kappa shape index (κ3) is 4.86. The van der Waals surface area contributed by atoms with E-state index in [1.807, 2.05) is 24.3 Å². The van der Waals surface area contributed by atoms with Crippen LogP contribution >= 0.6 is 0 Å². The third-order valence-electron chi connectivity index (χ3n) is 10.3. The summed E-state index contributed by atoms with van der Waals surface area (Å²) in [6.07, 6.45) is 6.35. The van der Waals surface area contributed by atoms with Crippen molar-refractivity contribution < 1.29 is 0 Å². The molecular formula is C45H35N3. The molecular weight excluding hydrogens is 583 g/mol. The summed E-state index contributed by atoms with van der Waals surface area (Å²) in [7, 11) is 0. The smallest absolute Gasteiger partial charge is 0.164 e. The summed E-state index contributed by atoms with van der Waals surface area (Å²) < 4.78 is 0. The van der Waals surface area contributed by atoms with Crippen LogP contribution in [0, 0.1) is 0 Å². The Hall–Kier alpha value is -5.67. The van der Waals surface area contributed by atoms with E-state index in [1.165, 1.54) is 65.5 Å². The molecule has 48 heavy (non-hydrogen) atoms. The molecule has 1 aromatic heterocycles. The van der Waals surface area contributed by atoms with Crippen molar-refractivity contribution in [1.82, 2.24) is 15.0 Å². The molecule has 7 aromatic rings. The highest BCUT2D eigenvalue weighted by Gasteiger charge is 2.44. The Morgan fingerprint density at radius 1 is 0.354 bits per heavy atom. The quantitative estimate of drug-likeness (QED) is 0.193. The first-order valence-electron chi connectivity index (χ1n) is 17.1. The molecule has 1 spiro atoms. The molecule has 0 unspecified atom stereocenters. The lowest BCUT2D eigenvalue weighted by atomic mass is 9.68. The SMILES string of the molecule is c1ccc(-c2cccc(-c3nc(-c4ccccc4)nc(-c4cccc(-c5cccc6c5-c5ccccc5C65CCCCC5)c4)n3)c2)cc1. The van der Waals surface area contributed by atoms with Crippen LogP contribution in [-0.2, 0) is 5.41 Å². The summed E-state index contributed by atoms with van der Waals surface area (Å²) in [5.74, 6) is 2.00. The van der Waals surface area contributed by atoms with Gasteiger partial charge < -0.3 is 0 Å². The zero-order valence-electron chi connectivity index (χ0n) is 26.8. The molecule has 2 aliphatic rings. The number of hydrogen-bond acceptors (Lipinski definition) is 3. The summed E-state index contributed by atoms with van der Waals surface area (Å²) in [6.45, 7) is 0. The van der Waals surface area contributed by atoms with Gasteiger partial charge in [-0.2, -0.15) is 0 Å². The highest BCUT2D eigenvalue weighted by molar-refractivity contribution is 5.93. The van der Waals surface area contributed by atoms with E-state index in [-0.39, 0.29) is 5.41 Å². The first-order valence-corrected chi connectivity index (χ1v) is 17.1. The molecule has 3 nitrogen and oxygen atoms in total. The molecule has 0 saturated heterocycles. The van der Waals surface area contributed by atoms with Gasteiger partial charge in [-0.3, -0.25) is 0 Å². The van der Waals surface area contributed by atoms with Gasteiger partial charge in [-0.05, 0) is 69.5 Å². The van der Waals surface area contributed by atoms with Gasteiger partial charge >= 0.3 is 0 Å². The molecule has 1 fully saturated rings. The second kappa shape index (κ2) is 11.8. The molecule has 6 aromatic carbocycles. The summed E-state index contributed by atoms with van der Waals surface area (Å²) in [6, 6.07) is 54.0. The predicted octanol–water partition coefficient (Wildman–Crippen LogP) is 11.4. The standard InChI is InChI=1S/C45H35N3/c1-4-15-31(16-5-1)33-19-12-21-35(29-33)43-46-42(32-17-6-2-7-18-32)47-44(48-43)36-22-13-20-34(30-36)37-24-14-26-40-41(37)38-23-8-9-25-39(38)45(40)27-10-3-11-28-45/h1-2,4-9,12-26,29-30H,3,10-11,27-28H2. The number of nitrogens with zero attached hydrogens (tertiary/aromatic N) is 3. The third-order valence-corrected chi connectivity index (χ3v) is 10.3. The van der Waals surface area contributed by atoms with Crippen molar-refractivity contribution in [2.24, 2.45) is 0 Å². The maximum atomic E-state index is 5.12. The molecule has 1 saturated carbocycles. The second-order valence-electron chi connectivity index (χ2n) is 13.1. The van der Waals surface area contributed by atoms with E-state index in [9.17, 15) is 0 Å². The van der Waals surface area contributed by atoms with Gasteiger partial charge in [0.1, 0.15) is 0 Å². The van der Waals surface area contributed by atoms with Gasteiger partial charge in [0.05, 0.1) is 0 Å². The van der Waals surface area contributed by atoms with Crippen molar-refractivity contribution in [3.8, 4) is 67.5 Å². The van der Waals surface area contributed by atoms with Crippen LogP contribution < -0.4 is 0 Å². The molecule has 2 aliphatic carbocycles. The van der Waals surface area contributed by atoms with Crippen LogP contribution in [-0.4, -0.2) is 15.0 Å². The van der Waals surface area contributed by atoms with Gasteiger partial charge in [-0.25, -0.2) is 15.0 Å². The zero-order valence-corrected chi connectivity index (χ0v) is 26.8. The Balaban J connectivity index is 1.19. The summed E-state index contributed by atoms with van der Waals surface area (Å²) in [5, 5.41) is 0. The van der Waals surface area contributed by atoms with E-state index in [4.69, 9.17) is 15.0 Å². The second-order valence-corrected chi connectivity index (χ2v) is 13.1. The van der Waals surface area contributed by atoms with Crippen LogP contribution in [0.15, 0.2) is 152 Å². The van der Waals surface area contributed by atoms with Gasteiger partial charge in [0.2, 0.25) is 0 Å². The van der Waals surface area contributed by atoms with Crippen LogP contribution in [0.2, 0.25) is 0 Å². The minimum Gasteiger partial charge on any atom is -0.208 e. The Bertz CT molecular complexity index is 2270. The average molecular weight is 618 g/mol. The van der Waals surface area contributed by atoms with Crippen molar-refractivity contribution >= 4 is 0 Å². The largest absolute Gasteiger partial charge is 0.208 e. The van der Waals surface area contributed by atoms with Gasteiger partial charge in [-0.1, -0.05) is 159 Å². The molecule has 0 bridgehead atoms. The van der Waals surface area contributed by atoms with Crippen molar-refractivity contribution in [2.45, 2.75) is 37.5 Å². The number of aromatic nitrogens is 3. The highest BCUT2D eigenvalue weighted by Crippen LogP contribution is 2.57. The van der Waals surface area contributed by atoms with Crippen LogP contribution in [0.1, 0.15) is 43.2 Å². The van der Waals surface area contributed by atoms with Crippen molar-refractivity contribution in [1.29, 1.82) is 0 Å². The summed E-state index contributed by atoms with van der Waals surface area (Å²) >= 11 is 0. The number of rotatable bonds is 5. The predicted molar refractivity (Wildman–Crippen MR) is 196 cm³/mol. The maximum Gasteiger partial charge on any atom is 0.164 e. The molecule has 0 N–H and O–H groups in total. The van der Waals surface area contributed by atoms with Gasteiger partial charge in [-0.15, -0.1) is 0 Å². The molecule has 1 heterocycles. The molecule has 0 amide bonds. The van der Waals surface area contributed by atoms with Crippen molar-refractivity contribution in [3.05, 3.63) is 163 Å². The minimum absolute atomic E-state index is 0.125. The van der Waals surface area contributed by atoms with E-state index >= 15 is 0 Å². The zero-order chi connectivity index (χ0) is 31.9. The Kier molecular flexibility index (Phi) is 7.04. The van der Waals surface area contributed by atoms with E-state index in [0.717, 1.165) is 27.8 Å². The molecule has 0 atom stereocenters. The Morgan fingerprint density at radius 2 is 0.833 bits per heavy atom. The number of benzene rings is 6. The molecule has 9 rings (SSSR count). The summed E-state index contributed by atoms with van der Waals surface area (Å²) in [5.41, 5.74) is 13.6. The van der Waals surface area contributed by atoms with E-state index in [2.05, 4.69) is 127 Å². The fraction of sp³-hybridized carbons (Fsp3) is 0.133. The molecule has 0 radical (unpaired) electrons. The lowest BCUT2D eigenvalue weighted by molar-refractivity contribution is 0.353. The van der Waals surface area contributed by atoms with Crippen LogP contribution in [0.4, 0.5) is 0 Å².